The molecule has 0 atom stereocenters. The number of amides is 1. The Morgan fingerprint density at radius 1 is 1.15 bits per heavy atom. The van der Waals surface area contributed by atoms with Gasteiger partial charge in [0, 0.05) is 21.3 Å². The molecular formula is C14H12Cl2N2O2. The quantitative estimate of drug-likeness (QED) is 0.851. The zero-order chi connectivity index (χ0) is 14.7. The summed E-state index contributed by atoms with van der Waals surface area (Å²) in [6.45, 7) is 0.128. The third kappa shape index (κ3) is 3.15. The molecule has 0 bridgehead atoms. The van der Waals surface area contributed by atoms with Gasteiger partial charge in [-0.25, -0.2) is 0 Å². The van der Waals surface area contributed by atoms with E-state index in [9.17, 15) is 4.79 Å². The second-order valence-electron chi connectivity index (χ2n) is 4.11. The lowest BCUT2D eigenvalue weighted by molar-refractivity contribution is 0.0996. The van der Waals surface area contributed by atoms with Crippen LogP contribution in [0.4, 0.5) is 5.69 Å². The predicted octanol–water partition coefficient (Wildman–Crippen LogP) is 3.25. The number of rotatable bonds is 4. The van der Waals surface area contributed by atoms with E-state index in [0.29, 0.717) is 27.0 Å². The van der Waals surface area contributed by atoms with Gasteiger partial charge in [0.2, 0.25) is 0 Å². The first-order valence-electron chi connectivity index (χ1n) is 5.74. The van der Waals surface area contributed by atoms with Crippen molar-refractivity contribution < 1.29 is 9.53 Å². The highest BCUT2D eigenvalue weighted by molar-refractivity contribution is 6.35. The van der Waals surface area contributed by atoms with Crippen LogP contribution in [0.15, 0.2) is 36.4 Å². The SMILES string of the molecule is NC(=O)c1cc(N)ccc1OCc1c(Cl)cccc1Cl. The van der Waals surface area contributed by atoms with E-state index in [4.69, 9.17) is 39.4 Å². The van der Waals surface area contributed by atoms with Crippen LogP contribution in [0.1, 0.15) is 15.9 Å². The van der Waals surface area contributed by atoms with E-state index < -0.39 is 5.91 Å². The molecule has 0 fully saturated rings. The van der Waals surface area contributed by atoms with Crippen LogP contribution in [0, 0.1) is 0 Å². The number of halogens is 2. The molecule has 0 spiro atoms. The van der Waals surface area contributed by atoms with Gasteiger partial charge in [0.15, 0.2) is 0 Å². The summed E-state index contributed by atoms with van der Waals surface area (Å²) >= 11 is 12.1. The molecule has 4 N–H and O–H groups in total. The summed E-state index contributed by atoms with van der Waals surface area (Å²) in [6.07, 6.45) is 0. The molecule has 2 aromatic rings. The summed E-state index contributed by atoms with van der Waals surface area (Å²) in [5.74, 6) is -0.278. The summed E-state index contributed by atoms with van der Waals surface area (Å²) in [6, 6.07) is 9.84. The Kier molecular flexibility index (Phi) is 4.37. The molecule has 2 rings (SSSR count). The number of primary amides is 1. The van der Waals surface area contributed by atoms with Crippen LogP contribution in [-0.4, -0.2) is 5.91 Å². The van der Waals surface area contributed by atoms with E-state index in [0.717, 1.165) is 0 Å². The molecule has 6 heteroatoms. The Labute approximate surface area is 126 Å². The topological polar surface area (TPSA) is 78.3 Å². The Morgan fingerprint density at radius 2 is 1.80 bits per heavy atom. The Morgan fingerprint density at radius 3 is 2.40 bits per heavy atom. The summed E-state index contributed by atoms with van der Waals surface area (Å²) in [7, 11) is 0. The van der Waals surface area contributed by atoms with Gasteiger partial charge < -0.3 is 16.2 Å². The van der Waals surface area contributed by atoms with Crippen LogP contribution in [0.3, 0.4) is 0 Å². The van der Waals surface area contributed by atoms with Crippen molar-refractivity contribution in [2.75, 3.05) is 5.73 Å². The number of hydrogen-bond acceptors (Lipinski definition) is 3. The first-order chi connectivity index (χ1) is 9.49. The van der Waals surface area contributed by atoms with Gasteiger partial charge in [-0.3, -0.25) is 4.79 Å². The monoisotopic (exact) mass is 310 g/mol. The maximum atomic E-state index is 11.4. The number of hydrogen-bond donors (Lipinski definition) is 2. The molecule has 0 radical (unpaired) electrons. The number of anilines is 1. The standard InChI is InChI=1S/C14H12Cl2N2O2/c15-11-2-1-3-12(16)10(11)7-20-13-5-4-8(17)6-9(13)14(18)19/h1-6H,7,17H2,(H2,18,19). The first kappa shape index (κ1) is 14.5. The molecule has 0 saturated carbocycles. The lowest BCUT2D eigenvalue weighted by atomic mass is 10.1. The van der Waals surface area contributed by atoms with E-state index in [1.165, 1.54) is 6.07 Å². The van der Waals surface area contributed by atoms with Crippen molar-refractivity contribution in [1.82, 2.24) is 0 Å². The molecule has 0 aromatic heterocycles. The predicted molar refractivity (Wildman–Crippen MR) is 80.2 cm³/mol. The number of ether oxygens (including phenoxy) is 1. The van der Waals surface area contributed by atoms with E-state index in [1.807, 2.05) is 0 Å². The highest BCUT2D eigenvalue weighted by Gasteiger charge is 2.12. The average molecular weight is 311 g/mol. The second kappa shape index (κ2) is 6.03. The average Bonchev–Trinajstić information content (AvgIpc) is 2.39. The van der Waals surface area contributed by atoms with Crippen LogP contribution < -0.4 is 16.2 Å². The van der Waals surface area contributed by atoms with E-state index >= 15 is 0 Å². The smallest absolute Gasteiger partial charge is 0.252 e. The lowest BCUT2D eigenvalue weighted by Crippen LogP contribution is -2.13. The normalized spacial score (nSPS) is 10.3. The number of nitrogen functional groups attached to an aromatic ring is 1. The molecule has 0 aliphatic rings. The van der Waals surface area contributed by atoms with Crippen molar-refractivity contribution in [3.63, 3.8) is 0 Å². The van der Waals surface area contributed by atoms with Gasteiger partial charge in [-0.2, -0.15) is 0 Å². The number of benzene rings is 2. The van der Waals surface area contributed by atoms with E-state index in [1.54, 1.807) is 30.3 Å². The van der Waals surface area contributed by atoms with Crippen molar-refractivity contribution in [1.29, 1.82) is 0 Å². The van der Waals surface area contributed by atoms with Crippen molar-refractivity contribution in [3.8, 4) is 5.75 Å². The molecule has 4 nitrogen and oxygen atoms in total. The highest BCUT2D eigenvalue weighted by Crippen LogP contribution is 2.27. The number of carbonyl (C=O) groups is 1. The molecule has 0 aliphatic carbocycles. The van der Waals surface area contributed by atoms with Crippen LogP contribution in [0.25, 0.3) is 0 Å². The van der Waals surface area contributed by atoms with Crippen LogP contribution in [0.2, 0.25) is 10.0 Å². The molecule has 1 amide bonds. The van der Waals surface area contributed by atoms with Gasteiger partial charge in [-0.05, 0) is 30.3 Å². The molecule has 2 aromatic carbocycles. The molecule has 0 saturated heterocycles. The second-order valence-corrected chi connectivity index (χ2v) is 4.92. The van der Waals surface area contributed by atoms with Crippen molar-refractivity contribution in [2.24, 2.45) is 5.73 Å². The fourth-order valence-electron chi connectivity index (χ4n) is 1.69. The molecule has 0 aliphatic heterocycles. The molecule has 0 heterocycles. The summed E-state index contributed by atoms with van der Waals surface area (Å²) in [5.41, 5.74) is 12.2. The zero-order valence-electron chi connectivity index (χ0n) is 10.4. The van der Waals surface area contributed by atoms with E-state index in [2.05, 4.69) is 0 Å². The number of carbonyl (C=O) groups excluding carboxylic acids is 1. The molecule has 104 valence electrons. The summed E-state index contributed by atoms with van der Waals surface area (Å²) in [4.78, 5) is 11.4. The minimum Gasteiger partial charge on any atom is -0.488 e. The van der Waals surface area contributed by atoms with E-state index in [-0.39, 0.29) is 12.2 Å². The number of nitrogens with two attached hydrogens (primary N) is 2. The fraction of sp³-hybridized carbons (Fsp3) is 0.0714. The van der Waals surface area contributed by atoms with Crippen molar-refractivity contribution >= 4 is 34.8 Å². The highest BCUT2D eigenvalue weighted by atomic mass is 35.5. The molecule has 0 unspecified atom stereocenters. The van der Waals surface area contributed by atoms with Crippen molar-refractivity contribution in [3.05, 3.63) is 57.6 Å². The summed E-state index contributed by atoms with van der Waals surface area (Å²) < 4.78 is 5.58. The van der Waals surface area contributed by atoms with Gasteiger partial charge in [0.05, 0.1) is 5.56 Å². The minimum absolute atomic E-state index is 0.128. The Bertz CT molecular complexity index is 639. The largest absolute Gasteiger partial charge is 0.488 e. The zero-order valence-corrected chi connectivity index (χ0v) is 11.9. The Balaban J connectivity index is 2.25. The minimum atomic E-state index is -0.613. The van der Waals surface area contributed by atoms with Gasteiger partial charge in [0.25, 0.3) is 5.91 Å². The first-order valence-corrected chi connectivity index (χ1v) is 6.49. The van der Waals surface area contributed by atoms with Gasteiger partial charge in [-0.15, -0.1) is 0 Å². The summed E-state index contributed by atoms with van der Waals surface area (Å²) in [5, 5.41) is 0.988. The third-order valence-corrected chi connectivity index (χ3v) is 3.41. The van der Waals surface area contributed by atoms with Gasteiger partial charge in [-0.1, -0.05) is 29.3 Å². The van der Waals surface area contributed by atoms with Crippen LogP contribution in [0.5, 0.6) is 5.75 Å². The maximum Gasteiger partial charge on any atom is 0.252 e. The van der Waals surface area contributed by atoms with Crippen LogP contribution >= 0.6 is 23.2 Å². The van der Waals surface area contributed by atoms with Gasteiger partial charge in [0.1, 0.15) is 12.4 Å². The maximum absolute atomic E-state index is 11.4. The van der Waals surface area contributed by atoms with Crippen LogP contribution in [-0.2, 0) is 6.61 Å². The molecular weight excluding hydrogens is 299 g/mol. The molecule has 20 heavy (non-hydrogen) atoms. The lowest BCUT2D eigenvalue weighted by Gasteiger charge is -2.12. The van der Waals surface area contributed by atoms with Crippen molar-refractivity contribution in [2.45, 2.75) is 6.61 Å². The third-order valence-electron chi connectivity index (χ3n) is 2.70. The fourth-order valence-corrected chi connectivity index (χ4v) is 2.19. The Hall–Kier alpha value is -1.91. The van der Waals surface area contributed by atoms with Gasteiger partial charge >= 0.3 is 0 Å².